The van der Waals surface area contributed by atoms with Crippen LogP contribution in [-0.2, 0) is 0 Å². The molecule has 0 radical (unpaired) electrons. The van der Waals surface area contributed by atoms with E-state index in [9.17, 15) is 0 Å². The average molecular weight is 453 g/mol. The van der Waals surface area contributed by atoms with Crippen LogP contribution in [0.4, 0.5) is 5.69 Å². The lowest BCUT2D eigenvalue weighted by Crippen LogP contribution is -2.20. The summed E-state index contributed by atoms with van der Waals surface area (Å²) in [5.74, 6) is 2.37. The number of benzene rings is 3. The highest BCUT2D eigenvalue weighted by Gasteiger charge is 2.08. The first-order valence-electron chi connectivity index (χ1n) is 11.2. The summed E-state index contributed by atoms with van der Waals surface area (Å²) in [6.45, 7) is 4.85. The molecule has 0 aliphatic heterocycles. The number of para-hydroxylation sites is 2. The molecule has 1 heterocycles. The zero-order valence-electron chi connectivity index (χ0n) is 19.6. The maximum atomic E-state index is 5.83. The minimum Gasteiger partial charge on any atom is -0.493 e. The molecule has 0 spiro atoms. The first-order valence-corrected chi connectivity index (χ1v) is 11.2. The van der Waals surface area contributed by atoms with Crippen molar-refractivity contribution in [3.63, 3.8) is 0 Å². The van der Waals surface area contributed by atoms with E-state index in [4.69, 9.17) is 19.5 Å². The van der Waals surface area contributed by atoms with E-state index in [1.54, 1.807) is 13.3 Å². The van der Waals surface area contributed by atoms with Crippen LogP contribution in [0.2, 0.25) is 0 Å². The van der Waals surface area contributed by atoms with Gasteiger partial charge in [-0.05, 0) is 53.9 Å². The fraction of sp³-hybridized carbons (Fsp3) is 0.179. The van der Waals surface area contributed by atoms with Crippen LogP contribution in [0.5, 0.6) is 11.5 Å². The molecule has 34 heavy (non-hydrogen) atoms. The maximum absolute atomic E-state index is 5.83. The Morgan fingerprint density at radius 3 is 2.53 bits per heavy atom. The number of pyridine rings is 1. The van der Waals surface area contributed by atoms with Crippen LogP contribution in [0.1, 0.15) is 25.1 Å². The molecule has 1 N–H and O–H groups in total. The molecule has 0 aliphatic rings. The second-order valence-corrected chi connectivity index (χ2v) is 8.17. The van der Waals surface area contributed by atoms with Crippen LogP contribution in [0.3, 0.4) is 0 Å². The van der Waals surface area contributed by atoms with Gasteiger partial charge in [0.15, 0.2) is 17.3 Å². The van der Waals surface area contributed by atoms with E-state index < -0.39 is 0 Å². The minimum absolute atomic E-state index is 0.432. The Morgan fingerprint density at radius 2 is 1.74 bits per heavy atom. The molecule has 0 saturated heterocycles. The topological polar surface area (TPSA) is 68.1 Å². The summed E-state index contributed by atoms with van der Waals surface area (Å²) in [6.07, 6.45) is 1.72. The van der Waals surface area contributed by atoms with Gasteiger partial charge in [-0.25, -0.2) is 9.98 Å². The molecule has 0 fully saturated rings. The molecular weight excluding hydrogens is 424 g/mol. The largest absolute Gasteiger partial charge is 0.493 e. The molecule has 0 saturated carbocycles. The number of nitrogens with zero attached hydrogens (tertiary/aromatic N) is 3. The molecule has 6 nitrogen and oxygen atoms in total. The van der Waals surface area contributed by atoms with Gasteiger partial charge in [0.1, 0.15) is 5.69 Å². The van der Waals surface area contributed by atoms with Gasteiger partial charge in [0, 0.05) is 5.39 Å². The van der Waals surface area contributed by atoms with Crippen LogP contribution in [0, 0.1) is 5.92 Å². The van der Waals surface area contributed by atoms with Crippen LogP contribution in [0.25, 0.3) is 10.9 Å². The predicted molar refractivity (Wildman–Crippen MR) is 138 cm³/mol. The van der Waals surface area contributed by atoms with Crippen LogP contribution in [0.15, 0.2) is 95.0 Å². The third kappa shape index (κ3) is 5.98. The van der Waals surface area contributed by atoms with Crippen LogP contribution < -0.4 is 14.9 Å². The zero-order chi connectivity index (χ0) is 23.8. The summed E-state index contributed by atoms with van der Waals surface area (Å²) in [5, 5.41) is 5.50. The number of aromatic nitrogens is 1. The Kier molecular flexibility index (Phi) is 7.50. The van der Waals surface area contributed by atoms with Crippen molar-refractivity contribution in [3.05, 3.63) is 96.2 Å². The van der Waals surface area contributed by atoms with E-state index in [0.29, 0.717) is 35.6 Å². The van der Waals surface area contributed by atoms with Gasteiger partial charge >= 0.3 is 0 Å². The maximum Gasteiger partial charge on any atom is 0.173 e. The van der Waals surface area contributed by atoms with Gasteiger partial charge in [0.2, 0.25) is 0 Å². The first-order chi connectivity index (χ1) is 16.6. The Morgan fingerprint density at radius 1 is 0.941 bits per heavy atom. The molecule has 0 amide bonds. The van der Waals surface area contributed by atoms with Gasteiger partial charge in [0.05, 0.1) is 31.1 Å². The van der Waals surface area contributed by atoms with Gasteiger partial charge in [-0.15, -0.1) is 0 Å². The van der Waals surface area contributed by atoms with Gasteiger partial charge in [-0.1, -0.05) is 56.3 Å². The van der Waals surface area contributed by atoms with E-state index in [1.807, 2.05) is 84.9 Å². The van der Waals surface area contributed by atoms with Gasteiger partial charge in [0.25, 0.3) is 0 Å². The monoisotopic (exact) mass is 452 g/mol. The highest BCUT2D eigenvalue weighted by molar-refractivity contribution is 6.00. The first kappa shape index (κ1) is 23.0. The van der Waals surface area contributed by atoms with Crippen molar-refractivity contribution in [2.75, 3.05) is 13.7 Å². The molecule has 0 aliphatic carbocycles. The molecule has 4 aromatic rings. The summed E-state index contributed by atoms with van der Waals surface area (Å²) in [6, 6.07) is 27.4. The molecule has 1 aromatic heterocycles. The number of methoxy groups -OCH3 is 1. The van der Waals surface area contributed by atoms with Crippen molar-refractivity contribution in [1.29, 1.82) is 0 Å². The number of hydrogen-bond acceptors (Lipinski definition) is 5. The molecule has 3 aromatic carbocycles. The highest BCUT2D eigenvalue weighted by atomic mass is 16.5. The zero-order valence-corrected chi connectivity index (χ0v) is 19.6. The lowest BCUT2D eigenvalue weighted by atomic mass is 10.2. The van der Waals surface area contributed by atoms with Crippen LogP contribution >= 0.6 is 0 Å². The fourth-order valence-corrected chi connectivity index (χ4v) is 3.28. The second-order valence-electron chi connectivity index (χ2n) is 8.17. The van der Waals surface area contributed by atoms with Crippen molar-refractivity contribution < 1.29 is 9.47 Å². The van der Waals surface area contributed by atoms with E-state index in [-0.39, 0.29) is 0 Å². The number of aliphatic imine (C=N–C) groups is 1. The molecule has 0 atom stereocenters. The second kappa shape index (κ2) is 11.1. The molecular formula is C28H28N4O2. The van der Waals surface area contributed by atoms with E-state index in [1.165, 1.54) is 0 Å². The number of hydrazone groups is 1. The third-order valence-electron chi connectivity index (χ3n) is 4.98. The van der Waals surface area contributed by atoms with E-state index in [0.717, 1.165) is 22.2 Å². The molecule has 4 rings (SSSR count). The van der Waals surface area contributed by atoms with E-state index >= 15 is 0 Å². The summed E-state index contributed by atoms with van der Waals surface area (Å²) in [4.78, 5) is 9.51. The van der Waals surface area contributed by atoms with Crippen molar-refractivity contribution >= 4 is 28.6 Å². The van der Waals surface area contributed by atoms with Gasteiger partial charge < -0.3 is 9.47 Å². The Hall–Kier alpha value is -4.19. The molecule has 0 bridgehead atoms. The summed E-state index contributed by atoms with van der Waals surface area (Å²) in [5.41, 5.74) is 6.35. The number of rotatable bonds is 8. The number of amidine groups is 1. The van der Waals surface area contributed by atoms with Crippen LogP contribution in [-0.4, -0.2) is 30.8 Å². The molecule has 172 valence electrons. The average Bonchev–Trinajstić information content (AvgIpc) is 2.87. The third-order valence-corrected chi connectivity index (χ3v) is 4.98. The number of hydrogen-bond donors (Lipinski definition) is 1. The number of nitrogens with one attached hydrogen (secondary N) is 1. The normalized spacial score (nSPS) is 11.8. The fourth-order valence-electron chi connectivity index (χ4n) is 3.28. The van der Waals surface area contributed by atoms with Crippen molar-refractivity contribution in [1.82, 2.24) is 10.4 Å². The van der Waals surface area contributed by atoms with Gasteiger partial charge in [-0.3, -0.25) is 5.43 Å². The Balaban J connectivity index is 1.59. The summed E-state index contributed by atoms with van der Waals surface area (Å²) < 4.78 is 11.3. The summed E-state index contributed by atoms with van der Waals surface area (Å²) >= 11 is 0. The number of ether oxygens (including phenoxy) is 2. The minimum atomic E-state index is 0.432. The Labute approximate surface area is 200 Å². The van der Waals surface area contributed by atoms with Gasteiger partial charge in [-0.2, -0.15) is 5.10 Å². The predicted octanol–water partition coefficient (Wildman–Crippen LogP) is 5.98. The smallest absolute Gasteiger partial charge is 0.173 e. The van der Waals surface area contributed by atoms with Crippen molar-refractivity contribution in [3.8, 4) is 11.5 Å². The standard InChI is InChI=1S/C28H28N4O2/c1-20(2)19-34-26-16-13-21(17-27(26)33-3)18-29-32-28(30-23-10-5-4-6-11-23)25-15-14-22-9-7-8-12-24(22)31-25/h4-18,20H,19H2,1-3H3,(H,30,32). The Bertz CT molecular complexity index is 1300. The molecule has 6 heteroatoms. The van der Waals surface area contributed by atoms with Crippen molar-refractivity contribution in [2.45, 2.75) is 13.8 Å². The summed E-state index contributed by atoms with van der Waals surface area (Å²) in [7, 11) is 1.63. The SMILES string of the molecule is COc1cc(C=NNC(=Nc2ccccc2)c2ccc3ccccc3n2)ccc1OCC(C)C. The van der Waals surface area contributed by atoms with Crippen molar-refractivity contribution in [2.24, 2.45) is 16.0 Å². The molecule has 0 unspecified atom stereocenters. The lowest BCUT2D eigenvalue weighted by molar-refractivity contribution is 0.257. The van der Waals surface area contributed by atoms with E-state index in [2.05, 4.69) is 24.4 Å². The number of fused-ring (bicyclic) bond motifs is 1. The lowest BCUT2D eigenvalue weighted by Gasteiger charge is -2.12. The highest BCUT2D eigenvalue weighted by Crippen LogP contribution is 2.28. The quantitative estimate of drug-likeness (QED) is 0.203.